The molecule has 1 aliphatic rings. The second-order valence-corrected chi connectivity index (χ2v) is 6.03. The van der Waals surface area contributed by atoms with Crippen molar-refractivity contribution in [3.05, 3.63) is 48.5 Å². The van der Waals surface area contributed by atoms with Crippen LogP contribution in [0.4, 0.5) is 13.2 Å². The molecule has 1 aliphatic carbocycles. The zero-order chi connectivity index (χ0) is 16.3. The summed E-state index contributed by atoms with van der Waals surface area (Å²) in [6, 6.07) is 8.11. The van der Waals surface area contributed by atoms with Crippen molar-refractivity contribution >= 4 is 0 Å². The summed E-state index contributed by atoms with van der Waals surface area (Å²) in [7, 11) is 0. The molecule has 0 saturated heterocycles. The van der Waals surface area contributed by atoms with E-state index in [-0.39, 0.29) is 18.8 Å². The van der Waals surface area contributed by atoms with Crippen LogP contribution in [0.2, 0.25) is 0 Å². The molecule has 3 rings (SSSR count). The maximum Gasteiger partial charge on any atom is 0.248 e. The quantitative estimate of drug-likeness (QED) is 0.782. The van der Waals surface area contributed by atoms with Crippen molar-refractivity contribution in [2.45, 2.75) is 31.6 Å². The highest BCUT2D eigenvalue weighted by molar-refractivity contribution is 5.64. The van der Waals surface area contributed by atoms with Gasteiger partial charge in [-0.25, -0.2) is 13.2 Å². The molecule has 1 aromatic carbocycles. The van der Waals surface area contributed by atoms with Gasteiger partial charge in [0.2, 0.25) is 5.92 Å². The number of halogens is 3. The van der Waals surface area contributed by atoms with Crippen LogP contribution in [-0.4, -0.2) is 17.5 Å². The number of alkyl halides is 2. The second-order valence-electron chi connectivity index (χ2n) is 6.03. The molecule has 1 fully saturated rings. The highest BCUT2D eigenvalue weighted by Crippen LogP contribution is 2.36. The fraction of sp³-hybridized carbons (Fsp3) is 0.389. The van der Waals surface area contributed by atoms with Crippen LogP contribution in [0.25, 0.3) is 11.1 Å². The Morgan fingerprint density at radius 3 is 2.61 bits per heavy atom. The van der Waals surface area contributed by atoms with Gasteiger partial charge in [0, 0.05) is 36.9 Å². The van der Waals surface area contributed by atoms with Gasteiger partial charge < -0.3 is 4.74 Å². The lowest BCUT2D eigenvalue weighted by Gasteiger charge is -2.28. The number of hydrogen-bond acceptors (Lipinski definition) is 2. The zero-order valence-corrected chi connectivity index (χ0v) is 12.6. The first-order valence-electron chi connectivity index (χ1n) is 7.73. The number of ether oxygens (including phenoxy) is 1. The minimum Gasteiger partial charge on any atom is -0.493 e. The van der Waals surface area contributed by atoms with E-state index in [2.05, 4.69) is 4.98 Å². The number of pyridine rings is 1. The van der Waals surface area contributed by atoms with E-state index in [9.17, 15) is 13.2 Å². The number of hydrogen-bond donors (Lipinski definition) is 0. The summed E-state index contributed by atoms with van der Waals surface area (Å²) >= 11 is 0. The summed E-state index contributed by atoms with van der Waals surface area (Å²) in [5, 5.41) is 0. The summed E-state index contributed by atoms with van der Waals surface area (Å²) in [5.41, 5.74) is 1.48. The zero-order valence-electron chi connectivity index (χ0n) is 12.6. The van der Waals surface area contributed by atoms with Crippen LogP contribution in [0, 0.1) is 11.7 Å². The van der Waals surface area contributed by atoms with E-state index >= 15 is 0 Å². The Balaban J connectivity index is 1.66. The molecule has 0 spiro atoms. The van der Waals surface area contributed by atoms with E-state index in [4.69, 9.17) is 4.74 Å². The number of nitrogens with zero attached hydrogens (tertiary/aromatic N) is 1. The average molecular weight is 321 g/mol. The van der Waals surface area contributed by atoms with E-state index in [0.717, 1.165) is 5.56 Å². The van der Waals surface area contributed by atoms with Crippen molar-refractivity contribution < 1.29 is 17.9 Å². The highest BCUT2D eigenvalue weighted by Gasteiger charge is 2.35. The Bertz CT molecular complexity index is 651. The van der Waals surface area contributed by atoms with Gasteiger partial charge in [-0.15, -0.1) is 0 Å². The molecular formula is C18H18F3NO. The van der Waals surface area contributed by atoms with Gasteiger partial charge in [-0.05, 0) is 42.5 Å². The van der Waals surface area contributed by atoms with Crippen molar-refractivity contribution in [2.24, 2.45) is 5.92 Å². The molecule has 0 bridgehead atoms. The van der Waals surface area contributed by atoms with Crippen molar-refractivity contribution in [1.29, 1.82) is 0 Å². The summed E-state index contributed by atoms with van der Waals surface area (Å²) < 4.78 is 45.7. The van der Waals surface area contributed by atoms with Gasteiger partial charge in [-0.2, -0.15) is 0 Å². The second kappa shape index (κ2) is 6.60. The van der Waals surface area contributed by atoms with Gasteiger partial charge in [0.05, 0.1) is 6.61 Å². The normalized spacial score (nSPS) is 17.9. The third-order valence-electron chi connectivity index (χ3n) is 4.19. The fourth-order valence-corrected chi connectivity index (χ4v) is 2.83. The molecule has 0 N–H and O–H groups in total. The van der Waals surface area contributed by atoms with Crippen molar-refractivity contribution in [2.75, 3.05) is 6.61 Å². The topological polar surface area (TPSA) is 22.1 Å². The smallest absolute Gasteiger partial charge is 0.248 e. The maximum absolute atomic E-state index is 13.8. The van der Waals surface area contributed by atoms with Crippen LogP contribution >= 0.6 is 0 Å². The first kappa shape index (κ1) is 15.8. The molecular weight excluding hydrogens is 303 g/mol. The monoisotopic (exact) mass is 321 g/mol. The molecule has 0 atom stereocenters. The standard InChI is InChI=1S/C18H18F3NO/c19-16-8-15(14-2-1-7-22-11-14)9-17(10-16)23-12-13-3-5-18(20,21)6-4-13/h1-2,7-11,13H,3-6,12H2. The Hall–Kier alpha value is -2.04. The van der Waals surface area contributed by atoms with E-state index in [1.807, 2.05) is 6.07 Å². The van der Waals surface area contributed by atoms with Gasteiger partial charge in [-0.1, -0.05) is 6.07 Å². The average Bonchev–Trinajstić information content (AvgIpc) is 2.54. The van der Waals surface area contributed by atoms with Gasteiger partial charge in [0.1, 0.15) is 11.6 Å². The summed E-state index contributed by atoms with van der Waals surface area (Å²) in [4.78, 5) is 4.02. The molecule has 5 heteroatoms. The van der Waals surface area contributed by atoms with Gasteiger partial charge in [0.15, 0.2) is 0 Å². The first-order valence-corrected chi connectivity index (χ1v) is 7.73. The minimum absolute atomic E-state index is 0.0922. The highest BCUT2D eigenvalue weighted by atomic mass is 19.3. The summed E-state index contributed by atoms with van der Waals surface area (Å²) in [6.07, 6.45) is 4.01. The molecule has 23 heavy (non-hydrogen) atoms. The Morgan fingerprint density at radius 1 is 1.13 bits per heavy atom. The molecule has 0 unspecified atom stereocenters. The molecule has 2 nitrogen and oxygen atoms in total. The van der Waals surface area contributed by atoms with Crippen LogP contribution in [0.15, 0.2) is 42.7 Å². The summed E-state index contributed by atoms with van der Waals surface area (Å²) in [6.45, 7) is 0.339. The SMILES string of the molecule is Fc1cc(OCC2CCC(F)(F)CC2)cc(-c2cccnc2)c1. The lowest BCUT2D eigenvalue weighted by molar-refractivity contribution is -0.0498. The first-order chi connectivity index (χ1) is 11.0. The Kier molecular flexibility index (Phi) is 4.55. The van der Waals surface area contributed by atoms with E-state index in [1.54, 1.807) is 24.5 Å². The largest absolute Gasteiger partial charge is 0.493 e. The van der Waals surface area contributed by atoms with Crippen LogP contribution in [0.1, 0.15) is 25.7 Å². The van der Waals surface area contributed by atoms with E-state index < -0.39 is 11.7 Å². The predicted octanol–water partition coefficient (Wildman–Crippen LogP) is 5.09. The molecule has 1 saturated carbocycles. The van der Waals surface area contributed by atoms with Crippen molar-refractivity contribution in [3.63, 3.8) is 0 Å². The van der Waals surface area contributed by atoms with Crippen LogP contribution in [0.3, 0.4) is 0 Å². The molecule has 1 heterocycles. The molecule has 1 aromatic heterocycles. The fourth-order valence-electron chi connectivity index (χ4n) is 2.83. The Labute approximate surface area is 133 Å². The molecule has 0 aliphatic heterocycles. The van der Waals surface area contributed by atoms with Crippen molar-refractivity contribution in [1.82, 2.24) is 4.98 Å². The van der Waals surface area contributed by atoms with Crippen LogP contribution < -0.4 is 4.74 Å². The molecule has 0 radical (unpaired) electrons. The molecule has 122 valence electrons. The van der Waals surface area contributed by atoms with Gasteiger partial charge in [-0.3, -0.25) is 4.98 Å². The van der Waals surface area contributed by atoms with Crippen LogP contribution in [0.5, 0.6) is 5.75 Å². The van der Waals surface area contributed by atoms with Gasteiger partial charge in [0.25, 0.3) is 0 Å². The van der Waals surface area contributed by atoms with Crippen LogP contribution in [-0.2, 0) is 0 Å². The third kappa shape index (κ3) is 4.24. The number of benzene rings is 1. The number of rotatable bonds is 4. The lowest BCUT2D eigenvalue weighted by atomic mass is 9.87. The number of aromatic nitrogens is 1. The maximum atomic E-state index is 13.8. The van der Waals surface area contributed by atoms with E-state index in [1.165, 1.54) is 12.1 Å². The predicted molar refractivity (Wildman–Crippen MR) is 82.0 cm³/mol. The van der Waals surface area contributed by atoms with E-state index in [0.29, 0.717) is 30.8 Å². The summed E-state index contributed by atoms with van der Waals surface area (Å²) in [5.74, 6) is -2.42. The lowest BCUT2D eigenvalue weighted by Crippen LogP contribution is -2.27. The molecule has 0 amide bonds. The minimum atomic E-state index is -2.54. The Morgan fingerprint density at radius 2 is 1.91 bits per heavy atom. The van der Waals surface area contributed by atoms with Gasteiger partial charge >= 0.3 is 0 Å². The van der Waals surface area contributed by atoms with Crippen molar-refractivity contribution in [3.8, 4) is 16.9 Å². The third-order valence-corrected chi connectivity index (χ3v) is 4.19. The molecule has 2 aromatic rings.